The number of hydrogen-bond donors (Lipinski definition) is 3. The molecule has 0 unspecified atom stereocenters. The number of halogens is 2. The summed E-state index contributed by atoms with van der Waals surface area (Å²) in [7, 11) is 0. The van der Waals surface area contributed by atoms with Gasteiger partial charge in [0, 0.05) is 17.0 Å². The van der Waals surface area contributed by atoms with Crippen molar-refractivity contribution in [3.63, 3.8) is 0 Å². The predicted octanol–water partition coefficient (Wildman–Crippen LogP) is 4.13. The van der Waals surface area contributed by atoms with Crippen LogP contribution in [0, 0.1) is 0 Å². The van der Waals surface area contributed by atoms with Crippen LogP contribution >= 0.6 is 28.1 Å². The monoisotopic (exact) mass is 505 g/mol. The summed E-state index contributed by atoms with van der Waals surface area (Å²) in [6.45, 7) is 0. The molecule has 1 heterocycles. The standard InChI is InChI=1S/C14H13BrClNO7.C6H12/c15-23-13(14(20)21)12(24-16)11(9(19)6-18)22-10-5-7-3-1-2-4-8(7)17-10;1-2-4-6-5-3-1/h1-6,9,11-13,17,19H,(H,20,21);1-6H2/t9-,11+,12-,13-;/m0./s1. The Labute approximate surface area is 188 Å². The van der Waals surface area contributed by atoms with Gasteiger partial charge in [0.2, 0.25) is 6.10 Å². The second-order valence-corrected chi connectivity index (χ2v) is 7.50. The molecule has 30 heavy (non-hydrogen) atoms. The Bertz CT molecular complexity index is 754. The number of carboxylic acid groups (broad SMARTS) is 1. The van der Waals surface area contributed by atoms with E-state index in [0.717, 1.165) is 10.9 Å². The third-order valence-corrected chi connectivity index (χ3v) is 5.42. The number of nitrogens with one attached hydrogen (secondary N) is 1. The predicted molar refractivity (Wildman–Crippen MR) is 115 cm³/mol. The van der Waals surface area contributed by atoms with Crippen LogP contribution in [-0.4, -0.2) is 51.9 Å². The number of benzene rings is 1. The van der Waals surface area contributed by atoms with E-state index in [9.17, 15) is 14.7 Å². The van der Waals surface area contributed by atoms with Crippen LogP contribution in [0.1, 0.15) is 38.5 Å². The maximum Gasteiger partial charge on any atom is 0.337 e. The SMILES string of the molecule is C1CCCCC1.O=C[C@H](O)[C@@H](Oc1cc2ccccc2[nH]1)[C@H](OCl)[C@H](OBr)C(=O)O. The Hall–Kier alpha value is -1.65. The molecule has 1 saturated carbocycles. The molecule has 0 saturated heterocycles. The summed E-state index contributed by atoms with van der Waals surface area (Å²) in [5, 5.41) is 19.8. The van der Waals surface area contributed by atoms with Crippen LogP contribution in [0.25, 0.3) is 10.9 Å². The van der Waals surface area contributed by atoms with Gasteiger partial charge in [0.15, 0.2) is 24.4 Å². The number of aromatic nitrogens is 1. The number of aliphatic hydroxyl groups excluding tert-OH is 1. The lowest BCUT2D eigenvalue weighted by atomic mass is 10.0. The first-order valence-corrected chi connectivity index (χ1v) is 10.6. The molecule has 8 nitrogen and oxygen atoms in total. The maximum atomic E-state index is 11.2. The van der Waals surface area contributed by atoms with Gasteiger partial charge in [-0.3, -0.25) is 8.12 Å². The number of fused-ring (bicyclic) bond motifs is 1. The first kappa shape index (κ1) is 24.6. The molecule has 0 radical (unpaired) electrons. The molecular weight excluding hydrogens is 482 g/mol. The lowest BCUT2D eigenvalue weighted by Crippen LogP contribution is -2.51. The van der Waals surface area contributed by atoms with E-state index in [2.05, 4.69) is 29.4 Å². The summed E-state index contributed by atoms with van der Waals surface area (Å²) in [4.78, 5) is 25.1. The average Bonchev–Trinajstić information content (AvgIpc) is 3.19. The van der Waals surface area contributed by atoms with E-state index in [-0.39, 0.29) is 12.2 Å². The van der Waals surface area contributed by atoms with Crippen molar-refractivity contribution in [2.75, 3.05) is 0 Å². The van der Waals surface area contributed by atoms with Crippen LogP contribution in [0.15, 0.2) is 30.3 Å². The smallest absolute Gasteiger partial charge is 0.337 e. The van der Waals surface area contributed by atoms with Gasteiger partial charge in [-0.25, -0.2) is 4.79 Å². The molecule has 1 aliphatic rings. The Morgan fingerprint density at radius 2 is 1.73 bits per heavy atom. The maximum absolute atomic E-state index is 11.2. The third-order valence-electron chi connectivity index (χ3n) is 4.81. The number of ether oxygens (including phenoxy) is 1. The molecule has 3 rings (SSSR count). The highest BCUT2D eigenvalue weighted by molar-refractivity contribution is 9.06. The fourth-order valence-electron chi connectivity index (χ4n) is 3.23. The largest absolute Gasteiger partial charge is 0.479 e. The molecule has 1 fully saturated rings. The van der Waals surface area contributed by atoms with Crippen molar-refractivity contribution < 1.29 is 32.7 Å². The molecule has 1 aromatic carbocycles. The van der Waals surface area contributed by atoms with Crippen molar-refractivity contribution in [1.82, 2.24) is 4.98 Å². The van der Waals surface area contributed by atoms with Gasteiger partial charge >= 0.3 is 5.97 Å². The van der Waals surface area contributed by atoms with Crippen LogP contribution in [0.2, 0.25) is 0 Å². The van der Waals surface area contributed by atoms with Gasteiger partial charge in [0.05, 0.1) is 28.1 Å². The van der Waals surface area contributed by atoms with Crippen LogP contribution in [0.3, 0.4) is 0 Å². The Morgan fingerprint density at radius 1 is 1.13 bits per heavy atom. The van der Waals surface area contributed by atoms with Crippen molar-refractivity contribution >= 4 is 51.3 Å². The highest BCUT2D eigenvalue weighted by Gasteiger charge is 2.42. The number of carbonyl (C=O) groups excluding carboxylic acids is 1. The van der Waals surface area contributed by atoms with Gasteiger partial charge < -0.3 is 24.7 Å². The number of para-hydroxylation sites is 1. The number of carboxylic acids is 1. The topological polar surface area (TPSA) is 118 Å². The molecule has 1 aromatic heterocycles. The van der Waals surface area contributed by atoms with Crippen molar-refractivity contribution in [1.29, 1.82) is 0 Å². The minimum absolute atomic E-state index is 0.184. The van der Waals surface area contributed by atoms with Crippen molar-refractivity contribution in [2.45, 2.75) is 62.9 Å². The summed E-state index contributed by atoms with van der Waals surface area (Å²) >= 11 is 7.90. The van der Waals surface area contributed by atoms with Gasteiger partial charge in [0.25, 0.3) is 0 Å². The molecule has 3 N–H and O–H groups in total. The fourth-order valence-corrected chi connectivity index (χ4v) is 3.79. The lowest BCUT2D eigenvalue weighted by molar-refractivity contribution is -0.154. The molecular formula is C20H25BrClNO7. The van der Waals surface area contributed by atoms with Crippen LogP contribution < -0.4 is 4.74 Å². The number of H-pyrrole nitrogens is 1. The summed E-state index contributed by atoms with van der Waals surface area (Å²) in [6, 6.07) is 8.87. The second kappa shape index (κ2) is 12.9. The van der Waals surface area contributed by atoms with E-state index in [1.807, 2.05) is 18.2 Å². The molecule has 10 heteroatoms. The molecule has 2 aromatic rings. The number of aliphatic hydroxyl groups is 1. The Kier molecular flexibility index (Phi) is 10.6. The number of aliphatic carboxylic acids is 1. The highest BCUT2D eigenvalue weighted by Crippen LogP contribution is 2.25. The minimum atomic E-state index is -1.70. The first-order valence-electron chi connectivity index (χ1n) is 9.67. The number of carbonyl (C=O) groups is 2. The van der Waals surface area contributed by atoms with Gasteiger partial charge in [-0.15, -0.1) is 0 Å². The molecule has 0 spiro atoms. The van der Waals surface area contributed by atoms with Crippen molar-refractivity contribution in [2.24, 2.45) is 0 Å². The van der Waals surface area contributed by atoms with E-state index < -0.39 is 30.4 Å². The Balaban J connectivity index is 0.000000456. The molecule has 1 aliphatic carbocycles. The van der Waals surface area contributed by atoms with Crippen LogP contribution in [-0.2, 0) is 17.7 Å². The van der Waals surface area contributed by atoms with E-state index in [1.165, 1.54) is 38.5 Å². The van der Waals surface area contributed by atoms with E-state index in [4.69, 9.17) is 21.7 Å². The molecule has 0 bridgehead atoms. The molecule has 4 atom stereocenters. The summed E-state index contributed by atoms with van der Waals surface area (Å²) in [5.41, 5.74) is 0.752. The van der Waals surface area contributed by atoms with Gasteiger partial charge in [-0.05, 0) is 6.07 Å². The Morgan fingerprint density at radius 3 is 2.20 bits per heavy atom. The number of aromatic amines is 1. The fraction of sp³-hybridized carbons (Fsp3) is 0.500. The van der Waals surface area contributed by atoms with Gasteiger partial charge in [-0.2, -0.15) is 0 Å². The zero-order chi connectivity index (χ0) is 21.9. The third kappa shape index (κ3) is 6.95. The molecule has 0 amide bonds. The second-order valence-electron chi connectivity index (χ2n) is 6.95. The van der Waals surface area contributed by atoms with Gasteiger partial charge in [0.1, 0.15) is 6.10 Å². The van der Waals surface area contributed by atoms with E-state index >= 15 is 0 Å². The number of aldehydes is 1. The normalized spacial score (nSPS) is 17.8. The first-order chi connectivity index (χ1) is 14.5. The van der Waals surface area contributed by atoms with Crippen molar-refractivity contribution in [3.8, 4) is 5.88 Å². The van der Waals surface area contributed by atoms with E-state index in [0.29, 0.717) is 0 Å². The minimum Gasteiger partial charge on any atom is -0.479 e. The number of hydrogen-bond acceptors (Lipinski definition) is 6. The highest BCUT2D eigenvalue weighted by atomic mass is 79.9. The zero-order valence-corrected chi connectivity index (χ0v) is 18.5. The summed E-state index contributed by atoms with van der Waals surface area (Å²) in [6.07, 6.45) is 2.92. The molecule has 0 aliphatic heterocycles. The lowest BCUT2D eigenvalue weighted by Gasteiger charge is -2.28. The van der Waals surface area contributed by atoms with Crippen molar-refractivity contribution in [3.05, 3.63) is 30.3 Å². The van der Waals surface area contributed by atoms with Crippen LogP contribution in [0.5, 0.6) is 5.88 Å². The average molecular weight is 507 g/mol. The molecule has 166 valence electrons. The zero-order valence-electron chi connectivity index (χ0n) is 16.2. The quantitative estimate of drug-likeness (QED) is 0.438. The summed E-state index contributed by atoms with van der Waals surface area (Å²) < 4.78 is 14.7. The summed E-state index contributed by atoms with van der Waals surface area (Å²) in [5.74, 6) is -1.24. The van der Waals surface area contributed by atoms with E-state index in [1.54, 1.807) is 12.1 Å². The number of rotatable bonds is 9. The van der Waals surface area contributed by atoms with Gasteiger partial charge in [-0.1, -0.05) is 56.7 Å². The van der Waals surface area contributed by atoms with Crippen LogP contribution in [0.4, 0.5) is 0 Å².